The standard InChI is InChI=1S/C16H16Cl2N4O3S2/c17-9-3-4-11(12(18)6-9)14(24)20-15-21-22-16(27-15)26-8-13(23)19-7-10-2-1-5-25-10/h3-4,6,10H,1-2,5,7-8H2,(H,19,23)(H,20,21,24). The molecule has 11 heteroatoms. The van der Waals surface area contributed by atoms with E-state index < -0.39 is 5.91 Å². The Labute approximate surface area is 174 Å². The van der Waals surface area contributed by atoms with E-state index in [4.69, 9.17) is 27.9 Å². The third-order valence-corrected chi connectivity index (χ3v) is 6.20. The van der Waals surface area contributed by atoms with Crippen LogP contribution in [0.25, 0.3) is 0 Å². The zero-order valence-corrected chi connectivity index (χ0v) is 17.2. The summed E-state index contributed by atoms with van der Waals surface area (Å²) in [6.07, 6.45) is 2.13. The lowest BCUT2D eigenvalue weighted by Crippen LogP contribution is -2.32. The highest BCUT2D eigenvalue weighted by Crippen LogP contribution is 2.27. The van der Waals surface area contributed by atoms with Gasteiger partial charge in [0.1, 0.15) is 0 Å². The Balaban J connectivity index is 1.46. The zero-order chi connectivity index (χ0) is 19.2. The predicted molar refractivity (Wildman–Crippen MR) is 107 cm³/mol. The molecule has 0 saturated carbocycles. The van der Waals surface area contributed by atoms with Gasteiger partial charge < -0.3 is 10.1 Å². The van der Waals surface area contributed by atoms with Gasteiger partial charge in [-0.3, -0.25) is 14.9 Å². The van der Waals surface area contributed by atoms with Crippen LogP contribution in [0, 0.1) is 0 Å². The van der Waals surface area contributed by atoms with Crippen LogP contribution in [0.5, 0.6) is 0 Å². The molecule has 0 aliphatic carbocycles. The van der Waals surface area contributed by atoms with E-state index in [1.165, 1.54) is 35.2 Å². The second-order valence-corrected chi connectivity index (χ2v) is 8.72. The molecule has 2 aromatic rings. The highest BCUT2D eigenvalue weighted by Gasteiger charge is 2.17. The average Bonchev–Trinajstić information content (AvgIpc) is 3.30. The summed E-state index contributed by atoms with van der Waals surface area (Å²) in [6.45, 7) is 1.29. The Bertz CT molecular complexity index is 828. The molecule has 27 heavy (non-hydrogen) atoms. The fraction of sp³-hybridized carbons (Fsp3) is 0.375. The molecule has 1 unspecified atom stereocenters. The van der Waals surface area contributed by atoms with Gasteiger partial charge in [-0.25, -0.2) is 0 Å². The Morgan fingerprint density at radius 3 is 2.93 bits per heavy atom. The van der Waals surface area contributed by atoms with Crippen molar-refractivity contribution in [3.05, 3.63) is 33.8 Å². The maximum atomic E-state index is 12.3. The van der Waals surface area contributed by atoms with E-state index in [9.17, 15) is 9.59 Å². The van der Waals surface area contributed by atoms with Gasteiger partial charge >= 0.3 is 0 Å². The van der Waals surface area contributed by atoms with Crippen LogP contribution in [0.3, 0.4) is 0 Å². The molecule has 2 N–H and O–H groups in total. The van der Waals surface area contributed by atoms with Crippen molar-refractivity contribution in [2.24, 2.45) is 0 Å². The van der Waals surface area contributed by atoms with Crippen molar-refractivity contribution in [3.63, 3.8) is 0 Å². The van der Waals surface area contributed by atoms with Crippen LogP contribution in [-0.2, 0) is 9.53 Å². The van der Waals surface area contributed by atoms with Crippen LogP contribution in [0.1, 0.15) is 23.2 Å². The number of ether oxygens (including phenoxy) is 1. The van der Waals surface area contributed by atoms with Gasteiger partial charge in [-0.15, -0.1) is 10.2 Å². The summed E-state index contributed by atoms with van der Waals surface area (Å²) < 4.78 is 6.04. The van der Waals surface area contributed by atoms with E-state index in [0.29, 0.717) is 26.6 Å². The van der Waals surface area contributed by atoms with Crippen molar-refractivity contribution in [2.75, 3.05) is 24.2 Å². The number of halogens is 2. The molecule has 1 saturated heterocycles. The van der Waals surface area contributed by atoms with Gasteiger partial charge in [0, 0.05) is 18.2 Å². The molecular formula is C16H16Cl2N4O3S2. The minimum absolute atomic E-state index is 0.0933. The third-order valence-electron chi connectivity index (χ3n) is 3.68. The number of carbonyl (C=O) groups excluding carboxylic acids is 2. The van der Waals surface area contributed by atoms with Crippen molar-refractivity contribution in [2.45, 2.75) is 23.3 Å². The number of carbonyl (C=O) groups is 2. The molecule has 1 aliphatic rings. The molecular weight excluding hydrogens is 431 g/mol. The molecule has 1 atom stereocenters. The number of nitrogens with zero attached hydrogens (tertiary/aromatic N) is 2. The number of rotatable bonds is 7. The highest BCUT2D eigenvalue weighted by molar-refractivity contribution is 8.01. The molecule has 0 radical (unpaired) electrons. The number of aromatic nitrogens is 2. The number of hydrogen-bond acceptors (Lipinski definition) is 7. The lowest BCUT2D eigenvalue weighted by molar-refractivity contribution is -0.119. The summed E-state index contributed by atoms with van der Waals surface area (Å²) in [5.74, 6) is -0.277. The summed E-state index contributed by atoms with van der Waals surface area (Å²) in [4.78, 5) is 24.1. The van der Waals surface area contributed by atoms with Crippen molar-refractivity contribution < 1.29 is 14.3 Å². The molecule has 2 amide bonds. The van der Waals surface area contributed by atoms with Crippen LogP contribution in [0.2, 0.25) is 10.0 Å². The highest BCUT2D eigenvalue weighted by atomic mass is 35.5. The second kappa shape index (κ2) is 9.70. The number of anilines is 1. The number of benzene rings is 1. The van der Waals surface area contributed by atoms with Gasteiger partial charge in [-0.2, -0.15) is 0 Å². The van der Waals surface area contributed by atoms with Crippen molar-refractivity contribution >= 4 is 63.2 Å². The largest absolute Gasteiger partial charge is 0.376 e. The summed E-state index contributed by atoms with van der Waals surface area (Å²) in [5, 5.41) is 14.4. The smallest absolute Gasteiger partial charge is 0.259 e. The van der Waals surface area contributed by atoms with E-state index in [1.807, 2.05) is 0 Å². The van der Waals surface area contributed by atoms with Crippen LogP contribution >= 0.6 is 46.3 Å². The summed E-state index contributed by atoms with van der Waals surface area (Å²) in [5.41, 5.74) is 0.291. The van der Waals surface area contributed by atoms with Crippen molar-refractivity contribution in [1.29, 1.82) is 0 Å². The molecule has 7 nitrogen and oxygen atoms in total. The topological polar surface area (TPSA) is 93.2 Å². The predicted octanol–water partition coefficient (Wildman–Crippen LogP) is 3.48. The van der Waals surface area contributed by atoms with E-state index >= 15 is 0 Å². The molecule has 2 heterocycles. The average molecular weight is 447 g/mol. The third kappa shape index (κ3) is 6.05. The SMILES string of the molecule is O=C(CSc1nnc(NC(=O)c2ccc(Cl)cc2Cl)s1)NCC1CCCO1. The molecule has 1 fully saturated rings. The van der Waals surface area contributed by atoms with Crippen molar-refractivity contribution in [3.8, 4) is 0 Å². The Hall–Kier alpha value is -1.39. The van der Waals surface area contributed by atoms with E-state index in [2.05, 4.69) is 20.8 Å². The fourth-order valence-electron chi connectivity index (χ4n) is 2.37. The van der Waals surface area contributed by atoms with Gasteiger partial charge in [0.2, 0.25) is 11.0 Å². The Morgan fingerprint density at radius 1 is 1.33 bits per heavy atom. The molecule has 1 aromatic carbocycles. The molecule has 1 aliphatic heterocycles. The van der Waals surface area contributed by atoms with Gasteiger partial charge in [-0.05, 0) is 31.0 Å². The van der Waals surface area contributed by atoms with Crippen LogP contribution in [0.15, 0.2) is 22.5 Å². The normalized spacial score (nSPS) is 16.3. The zero-order valence-electron chi connectivity index (χ0n) is 14.0. The number of hydrogen-bond donors (Lipinski definition) is 2. The number of amides is 2. The fourth-order valence-corrected chi connectivity index (χ4v) is 4.44. The summed E-state index contributed by atoms with van der Waals surface area (Å²) >= 11 is 14.3. The quantitative estimate of drug-likeness (QED) is 0.499. The number of nitrogens with one attached hydrogen (secondary N) is 2. The summed E-state index contributed by atoms with van der Waals surface area (Å²) in [7, 11) is 0. The van der Waals surface area contributed by atoms with Crippen LogP contribution < -0.4 is 10.6 Å². The van der Waals surface area contributed by atoms with E-state index in [-0.39, 0.29) is 22.8 Å². The molecule has 3 rings (SSSR count). The van der Waals surface area contributed by atoms with Crippen LogP contribution in [-0.4, -0.2) is 47.0 Å². The second-order valence-electron chi connectivity index (χ2n) is 5.68. The van der Waals surface area contributed by atoms with Crippen LogP contribution in [0.4, 0.5) is 5.13 Å². The number of thioether (sulfide) groups is 1. The molecule has 0 bridgehead atoms. The van der Waals surface area contributed by atoms with Crippen molar-refractivity contribution in [1.82, 2.24) is 15.5 Å². The molecule has 1 aromatic heterocycles. The Kier molecular flexibility index (Phi) is 7.31. The first-order chi connectivity index (χ1) is 13.0. The molecule has 144 valence electrons. The lowest BCUT2D eigenvalue weighted by atomic mass is 10.2. The maximum Gasteiger partial charge on any atom is 0.259 e. The molecule has 0 spiro atoms. The monoisotopic (exact) mass is 446 g/mol. The first-order valence-electron chi connectivity index (χ1n) is 8.12. The first-order valence-corrected chi connectivity index (χ1v) is 10.7. The van der Waals surface area contributed by atoms with E-state index in [0.717, 1.165) is 19.4 Å². The minimum atomic E-state index is -0.404. The van der Waals surface area contributed by atoms with Gasteiger partial charge in [-0.1, -0.05) is 46.3 Å². The Morgan fingerprint density at radius 2 is 2.19 bits per heavy atom. The summed E-state index contributed by atoms with van der Waals surface area (Å²) in [6, 6.07) is 4.61. The minimum Gasteiger partial charge on any atom is -0.376 e. The lowest BCUT2D eigenvalue weighted by Gasteiger charge is -2.09. The van der Waals surface area contributed by atoms with Gasteiger partial charge in [0.05, 0.1) is 22.4 Å². The maximum absolute atomic E-state index is 12.3. The van der Waals surface area contributed by atoms with Gasteiger partial charge in [0.15, 0.2) is 4.34 Å². The first kappa shape index (κ1) is 20.3. The van der Waals surface area contributed by atoms with E-state index in [1.54, 1.807) is 6.07 Å². The van der Waals surface area contributed by atoms with Gasteiger partial charge in [0.25, 0.3) is 5.91 Å².